The Balaban J connectivity index is 1.78. The quantitative estimate of drug-likeness (QED) is 0.662. The number of amides is 1. The summed E-state index contributed by atoms with van der Waals surface area (Å²) >= 11 is 0. The van der Waals surface area contributed by atoms with E-state index in [0.29, 0.717) is 17.0 Å². The van der Waals surface area contributed by atoms with E-state index in [9.17, 15) is 13.6 Å². The molecule has 2 aromatic carbocycles. The van der Waals surface area contributed by atoms with Gasteiger partial charge in [0.1, 0.15) is 11.5 Å². The highest BCUT2D eigenvalue weighted by molar-refractivity contribution is 5.78. The van der Waals surface area contributed by atoms with E-state index in [2.05, 4.69) is 42.9 Å². The molecule has 5 nitrogen and oxygen atoms in total. The molecule has 150 valence electrons. The maximum Gasteiger partial charge on any atom is 0.387 e. The second-order valence-corrected chi connectivity index (χ2v) is 7.12. The summed E-state index contributed by atoms with van der Waals surface area (Å²) < 4.78 is 34.0. The zero-order valence-corrected chi connectivity index (χ0v) is 16.1. The summed E-state index contributed by atoms with van der Waals surface area (Å²) in [6.07, 6.45) is 0. The van der Waals surface area contributed by atoms with Crippen LogP contribution in [0.3, 0.4) is 0 Å². The summed E-state index contributed by atoms with van der Waals surface area (Å²) in [5.41, 5.74) is 7.36. The lowest BCUT2D eigenvalue weighted by atomic mass is 9.87. The fraction of sp³-hybridized carbons (Fsp3) is 0.286. The van der Waals surface area contributed by atoms with Gasteiger partial charge in [-0.25, -0.2) is 0 Å². The Labute approximate surface area is 163 Å². The van der Waals surface area contributed by atoms with E-state index in [-0.39, 0.29) is 17.8 Å². The summed E-state index contributed by atoms with van der Waals surface area (Å²) in [6, 6.07) is 13.5. The maximum atomic E-state index is 12.1. The molecule has 0 fully saturated rings. The number of benzene rings is 2. The third kappa shape index (κ3) is 6.57. The van der Waals surface area contributed by atoms with Gasteiger partial charge in [-0.1, -0.05) is 39.5 Å². The summed E-state index contributed by atoms with van der Waals surface area (Å²) in [5, 5.41) is 0. The van der Waals surface area contributed by atoms with Crippen LogP contribution in [-0.2, 0) is 10.2 Å². The third-order valence-corrected chi connectivity index (χ3v) is 3.87. The largest absolute Gasteiger partial charge is 0.484 e. The fourth-order valence-corrected chi connectivity index (χ4v) is 2.29. The second-order valence-electron chi connectivity index (χ2n) is 7.12. The molecule has 0 saturated carbocycles. The number of alkyl halides is 2. The van der Waals surface area contributed by atoms with E-state index in [0.717, 1.165) is 0 Å². The van der Waals surface area contributed by atoms with Crippen molar-refractivity contribution in [2.45, 2.75) is 32.8 Å². The van der Waals surface area contributed by atoms with Crippen molar-refractivity contribution >= 4 is 11.6 Å². The highest BCUT2D eigenvalue weighted by atomic mass is 19.3. The Morgan fingerprint density at radius 1 is 1.00 bits per heavy atom. The van der Waals surface area contributed by atoms with Crippen LogP contribution < -0.4 is 20.3 Å². The molecule has 0 unspecified atom stereocenters. The predicted octanol–water partition coefficient (Wildman–Crippen LogP) is 4.26. The van der Waals surface area contributed by atoms with Gasteiger partial charge in [0, 0.05) is 0 Å². The lowest BCUT2D eigenvalue weighted by Crippen LogP contribution is -2.38. The average Bonchev–Trinajstić information content (AvgIpc) is 2.64. The molecule has 0 atom stereocenters. The van der Waals surface area contributed by atoms with Crippen molar-refractivity contribution in [2.75, 3.05) is 6.61 Å². The molecule has 1 amide bonds. The van der Waals surface area contributed by atoms with Crippen LogP contribution in [0.4, 0.5) is 8.78 Å². The van der Waals surface area contributed by atoms with Gasteiger partial charge in [-0.3, -0.25) is 15.6 Å². The number of carbonyl (C=O) groups excluding carboxylic acids is 1. The van der Waals surface area contributed by atoms with Crippen LogP contribution in [-0.4, -0.2) is 19.1 Å². The minimum Gasteiger partial charge on any atom is -0.484 e. The zero-order valence-electron chi connectivity index (χ0n) is 16.1. The minimum atomic E-state index is -2.88. The standard InChI is InChI=1S/C21H24F2N2O3/c1-14(15-5-9-18(10-6-15)28-20(22)23)24-25-19(26)13-27-17-11-7-16(8-12-17)21(2,3)4/h5-12,20,24H,1,13H2,2-4H3,(H,25,26). The van der Waals surface area contributed by atoms with Crippen LogP contribution in [0.15, 0.2) is 55.1 Å². The van der Waals surface area contributed by atoms with E-state index in [1.807, 2.05) is 24.3 Å². The predicted molar refractivity (Wildman–Crippen MR) is 104 cm³/mol. The van der Waals surface area contributed by atoms with Crippen molar-refractivity contribution in [3.8, 4) is 11.5 Å². The molecule has 0 aromatic heterocycles. The van der Waals surface area contributed by atoms with Gasteiger partial charge in [0.25, 0.3) is 5.91 Å². The molecule has 7 heteroatoms. The smallest absolute Gasteiger partial charge is 0.387 e. The second kappa shape index (κ2) is 9.21. The highest BCUT2D eigenvalue weighted by Gasteiger charge is 2.13. The van der Waals surface area contributed by atoms with Crippen LogP contribution in [0.1, 0.15) is 31.9 Å². The molecule has 2 rings (SSSR count). The van der Waals surface area contributed by atoms with E-state index >= 15 is 0 Å². The lowest BCUT2D eigenvalue weighted by Gasteiger charge is -2.19. The van der Waals surface area contributed by atoms with Crippen LogP contribution in [0.25, 0.3) is 5.70 Å². The Hall–Kier alpha value is -3.09. The summed E-state index contributed by atoms with van der Waals surface area (Å²) in [4.78, 5) is 11.9. The van der Waals surface area contributed by atoms with Crippen molar-refractivity contribution < 1.29 is 23.0 Å². The number of hydrogen-bond acceptors (Lipinski definition) is 4. The highest BCUT2D eigenvalue weighted by Crippen LogP contribution is 2.24. The average molecular weight is 390 g/mol. The molecule has 0 heterocycles. The molecule has 28 heavy (non-hydrogen) atoms. The number of carbonyl (C=O) groups is 1. The number of hydrogen-bond donors (Lipinski definition) is 2. The van der Waals surface area contributed by atoms with Gasteiger partial charge in [0.05, 0.1) is 5.70 Å². The molecule has 0 spiro atoms. The van der Waals surface area contributed by atoms with Crippen LogP contribution in [0.2, 0.25) is 0 Å². The Kier molecular flexibility index (Phi) is 6.98. The maximum absolute atomic E-state index is 12.1. The number of hydrazine groups is 1. The van der Waals surface area contributed by atoms with Crippen molar-refractivity contribution in [3.05, 3.63) is 66.2 Å². The summed E-state index contributed by atoms with van der Waals surface area (Å²) in [6.45, 7) is 7.09. The Morgan fingerprint density at radius 2 is 1.57 bits per heavy atom. The van der Waals surface area contributed by atoms with Gasteiger partial charge >= 0.3 is 6.61 Å². The first-order valence-electron chi connectivity index (χ1n) is 8.67. The van der Waals surface area contributed by atoms with Gasteiger partial charge in [-0.05, 0) is 52.9 Å². The van der Waals surface area contributed by atoms with Crippen molar-refractivity contribution in [2.24, 2.45) is 0 Å². The van der Waals surface area contributed by atoms with Crippen LogP contribution >= 0.6 is 0 Å². The minimum absolute atomic E-state index is 0.0430. The van der Waals surface area contributed by atoms with E-state index in [1.54, 1.807) is 12.1 Å². The van der Waals surface area contributed by atoms with Crippen LogP contribution in [0.5, 0.6) is 11.5 Å². The molecule has 2 N–H and O–H groups in total. The zero-order chi connectivity index (χ0) is 20.7. The fourth-order valence-electron chi connectivity index (χ4n) is 2.29. The number of nitrogens with one attached hydrogen (secondary N) is 2. The molecular weight excluding hydrogens is 366 g/mol. The van der Waals surface area contributed by atoms with Crippen LogP contribution in [0, 0.1) is 0 Å². The van der Waals surface area contributed by atoms with Gasteiger partial charge < -0.3 is 9.47 Å². The first-order chi connectivity index (χ1) is 13.1. The molecule has 0 aliphatic rings. The Bertz CT molecular complexity index is 798. The van der Waals surface area contributed by atoms with Gasteiger partial charge in [0.2, 0.25) is 0 Å². The molecule has 0 aliphatic carbocycles. The summed E-state index contributed by atoms with van der Waals surface area (Å²) in [7, 11) is 0. The van der Waals surface area contributed by atoms with Crippen molar-refractivity contribution in [1.82, 2.24) is 10.9 Å². The monoisotopic (exact) mass is 390 g/mol. The van der Waals surface area contributed by atoms with Gasteiger partial charge in [0.15, 0.2) is 6.61 Å². The van der Waals surface area contributed by atoms with E-state index < -0.39 is 12.5 Å². The summed E-state index contributed by atoms with van der Waals surface area (Å²) in [5.74, 6) is 0.247. The molecule has 0 aliphatic heterocycles. The molecule has 0 saturated heterocycles. The number of rotatable bonds is 8. The number of ether oxygens (including phenoxy) is 2. The molecule has 2 aromatic rings. The third-order valence-electron chi connectivity index (χ3n) is 3.87. The molecule has 0 bridgehead atoms. The van der Waals surface area contributed by atoms with Gasteiger partial charge in [-0.2, -0.15) is 8.78 Å². The Morgan fingerprint density at radius 3 is 2.11 bits per heavy atom. The first-order valence-corrected chi connectivity index (χ1v) is 8.67. The van der Waals surface area contributed by atoms with Gasteiger partial charge in [-0.15, -0.1) is 0 Å². The molecular formula is C21H24F2N2O3. The van der Waals surface area contributed by atoms with E-state index in [1.165, 1.54) is 17.7 Å². The van der Waals surface area contributed by atoms with Crippen molar-refractivity contribution in [1.29, 1.82) is 0 Å². The SMILES string of the molecule is C=C(NNC(=O)COc1ccc(C(C)(C)C)cc1)c1ccc(OC(F)F)cc1. The lowest BCUT2D eigenvalue weighted by molar-refractivity contribution is -0.123. The topological polar surface area (TPSA) is 59.6 Å². The van der Waals surface area contributed by atoms with Crippen molar-refractivity contribution in [3.63, 3.8) is 0 Å². The normalized spacial score (nSPS) is 11.1. The van der Waals surface area contributed by atoms with E-state index in [4.69, 9.17) is 4.74 Å². The number of halogens is 2. The molecule has 0 radical (unpaired) electrons. The first kappa shape index (κ1) is 21.2.